The van der Waals surface area contributed by atoms with Crippen LogP contribution in [-0.2, 0) is 24.3 Å². The van der Waals surface area contributed by atoms with Gasteiger partial charge in [0, 0.05) is 31.7 Å². The molecule has 2 fully saturated rings. The average Bonchev–Trinajstić information content (AvgIpc) is 2.83. The molecule has 1 unspecified atom stereocenters. The maximum absolute atomic E-state index is 13.4. The SMILES string of the molecule is Cc1ccc(NC(=O)C(c2ccccc2)N2CCCCC2=O)cc1S(=O)(=O)N1CCOCC1. The molecule has 1 atom stereocenters. The second kappa shape index (κ2) is 10.0. The number of anilines is 1. The first-order chi connectivity index (χ1) is 15.9. The molecule has 0 saturated carbocycles. The van der Waals surface area contributed by atoms with E-state index in [1.165, 1.54) is 10.4 Å². The molecule has 2 aliphatic heterocycles. The lowest BCUT2D eigenvalue weighted by atomic mass is 10.0. The van der Waals surface area contributed by atoms with Crippen LogP contribution in [0.5, 0.6) is 0 Å². The number of carbonyl (C=O) groups is 2. The molecule has 2 amide bonds. The molecule has 0 aromatic heterocycles. The number of piperidine rings is 1. The highest BCUT2D eigenvalue weighted by molar-refractivity contribution is 7.89. The van der Waals surface area contributed by atoms with Gasteiger partial charge in [-0.25, -0.2) is 8.42 Å². The van der Waals surface area contributed by atoms with Crippen LogP contribution in [0, 0.1) is 6.92 Å². The van der Waals surface area contributed by atoms with E-state index in [-0.39, 0.29) is 16.7 Å². The molecule has 8 nitrogen and oxygen atoms in total. The molecule has 176 valence electrons. The van der Waals surface area contributed by atoms with Crippen molar-refractivity contribution >= 4 is 27.5 Å². The Balaban J connectivity index is 1.62. The Morgan fingerprint density at radius 1 is 1.03 bits per heavy atom. The fourth-order valence-corrected chi connectivity index (χ4v) is 5.96. The first-order valence-corrected chi connectivity index (χ1v) is 12.7. The van der Waals surface area contributed by atoms with E-state index in [0.717, 1.165) is 18.4 Å². The molecule has 2 heterocycles. The number of aryl methyl sites for hydroxylation is 1. The van der Waals surface area contributed by atoms with E-state index >= 15 is 0 Å². The summed E-state index contributed by atoms with van der Waals surface area (Å²) in [5.74, 6) is -0.417. The molecule has 9 heteroatoms. The Morgan fingerprint density at radius 3 is 2.45 bits per heavy atom. The van der Waals surface area contributed by atoms with Crippen LogP contribution in [0.1, 0.15) is 36.4 Å². The number of carbonyl (C=O) groups excluding carboxylic acids is 2. The van der Waals surface area contributed by atoms with Crippen LogP contribution in [-0.4, -0.2) is 62.3 Å². The van der Waals surface area contributed by atoms with Crippen molar-refractivity contribution in [3.63, 3.8) is 0 Å². The second-order valence-electron chi connectivity index (χ2n) is 8.34. The van der Waals surface area contributed by atoms with Crippen LogP contribution in [0.25, 0.3) is 0 Å². The summed E-state index contributed by atoms with van der Waals surface area (Å²) in [7, 11) is -3.72. The quantitative estimate of drug-likeness (QED) is 0.699. The Labute approximate surface area is 194 Å². The molecule has 2 aromatic carbocycles. The minimum Gasteiger partial charge on any atom is -0.379 e. The van der Waals surface area contributed by atoms with Crippen molar-refractivity contribution in [1.29, 1.82) is 0 Å². The van der Waals surface area contributed by atoms with Crippen LogP contribution < -0.4 is 5.32 Å². The van der Waals surface area contributed by atoms with Gasteiger partial charge in [0.05, 0.1) is 18.1 Å². The first-order valence-electron chi connectivity index (χ1n) is 11.2. The van der Waals surface area contributed by atoms with Crippen LogP contribution in [0.15, 0.2) is 53.4 Å². The molecule has 2 aliphatic rings. The average molecular weight is 472 g/mol. The highest BCUT2D eigenvalue weighted by Crippen LogP contribution is 2.29. The maximum atomic E-state index is 13.4. The topological polar surface area (TPSA) is 96.0 Å². The number of nitrogens with zero attached hydrogens (tertiary/aromatic N) is 2. The molecule has 0 aliphatic carbocycles. The maximum Gasteiger partial charge on any atom is 0.251 e. The number of ether oxygens (including phenoxy) is 1. The number of nitrogens with one attached hydrogen (secondary N) is 1. The summed E-state index contributed by atoms with van der Waals surface area (Å²) in [6, 6.07) is 13.3. The van der Waals surface area contributed by atoms with E-state index in [9.17, 15) is 18.0 Å². The van der Waals surface area contributed by atoms with E-state index in [2.05, 4.69) is 5.32 Å². The molecule has 0 radical (unpaired) electrons. The highest BCUT2D eigenvalue weighted by Gasteiger charge is 2.33. The summed E-state index contributed by atoms with van der Waals surface area (Å²) in [5.41, 5.74) is 1.70. The predicted octanol–water partition coefficient (Wildman–Crippen LogP) is 2.71. The second-order valence-corrected chi connectivity index (χ2v) is 10.2. The van der Waals surface area contributed by atoms with Crippen molar-refractivity contribution in [2.75, 3.05) is 38.2 Å². The van der Waals surface area contributed by atoms with Crippen molar-refractivity contribution in [2.24, 2.45) is 0 Å². The number of benzene rings is 2. The lowest BCUT2D eigenvalue weighted by Crippen LogP contribution is -2.43. The van der Waals surface area contributed by atoms with Gasteiger partial charge >= 0.3 is 0 Å². The molecule has 0 spiro atoms. The smallest absolute Gasteiger partial charge is 0.251 e. The zero-order chi connectivity index (χ0) is 23.4. The highest BCUT2D eigenvalue weighted by atomic mass is 32.2. The summed E-state index contributed by atoms with van der Waals surface area (Å²) >= 11 is 0. The van der Waals surface area contributed by atoms with Gasteiger partial charge in [-0.05, 0) is 43.0 Å². The molecule has 2 aromatic rings. The summed E-state index contributed by atoms with van der Waals surface area (Å²) in [5, 5.41) is 2.86. The Bertz CT molecular complexity index is 1110. The van der Waals surface area contributed by atoms with Crippen molar-refractivity contribution in [2.45, 2.75) is 37.1 Å². The zero-order valence-electron chi connectivity index (χ0n) is 18.7. The Hall–Kier alpha value is -2.75. The van der Waals surface area contributed by atoms with Gasteiger partial charge in [-0.3, -0.25) is 9.59 Å². The van der Waals surface area contributed by atoms with Crippen LogP contribution in [0.4, 0.5) is 5.69 Å². The van der Waals surface area contributed by atoms with Crippen LogP contribution in [0.3, 0.4) is 0 Å². The van der Waals surface area contributed by atoms with E-state index in [1.807, 2.05) is 30.3 Å². The molecule has 0 bridgehead atoms. The third kappa shape index (κ3) is 5.10. The fourth-order valence-electron chi connectivity index (χ4n) is 4.30. The summed E-state index contributed by atoms with van der Waals surface area (Å²) in [6.45, 7) is 3.56. The number of likely N-dealkylation sites (tertiary alicyclic amines) is 1. The molecular weight excluding hydrogens is 442 g/mol. The van der Waals surface area contributed by atoms with Crippen molar-refractivity contribution in [3.05, 3.63) is 59.7 Å². The van der Waals surface area contributed by atoms with Crippen LogP contribution in [0.2, 0.25) is 0 Å². The largest absolute Gasteiger partial charge is 0.379 e. The van der Waals surface area contributed by atoms with Crippen molar-refractivity contribution in [3.8, 4) is 0 Å². The first kappa shape index (κ1) is 23.4. The van der Waals surface area contributed by atoms with E-state index in [4.69, 9.17) is 4.74 Å². The third-order valence-electron chi connectivity index (χ3n) is 6.08. The number of hydrogen-bond acceptors (Lipinski definition) is 5. The Morgan fingerprint density at radius 2 is 1.76 bits per heavy atom. The number of morpholine rings is 1. The molecular formula is C24H29N3O5S. The summed E-state index contributed by atoms with van der Waals surface area (Å²) in [4.78, 5) is 27.8. The lowest BCUT2D eigenvalue weighted by molar-refractivity contribution is -0.141. The van der Waals surface area contributed by atoms with Crippen molar-refractivity contribution < 1.29 is 22.7 Å². The molecule has 4 rings (SSSR count). The van der Waals surface area contributed by atoms with Gasteiger partial charge in [-0.2, -0.15) is 4.31 Å². The number of hydrogen-bond donors (Lipinski definition) is 1. The van der Waals surface area contributed by atoms with Gasteiger partial charge < -0.3 is 15.0 Å². The van der Waals surface area contributed by atoms with E-state index in [0.29, 0.717) is 50.5 Å². The zero-order valence-corrected chi connectivity index (χ0v) is 19.5. The summed E-state index contributed by atoms with van der Waals surface area (Å²) in [6.07, 6.45) is 2.08. The number of sulfonamides is 1. The van der Waals surface area contributed by atoms with Gasteiger partial charge in [0.1, 0.15) is 6.04 Å². The summed E-state index contributed by atoms with van der Waals surface area (Å²) < 4.78 is 33.1. The minimum atomic E-state index is -3.72. The van der Waals surface area contributed by atoms with Gasteiger partial charge in [-0.1, -0.05) is 36.4 Å². The number of rotatable bonds is 6. The molecule has 2 saturated heterocycles. The monoisotopic (exact) mass is 471 g/mol. The fraction of sp³-hybridized carbons (Fsp3) is 0.417. The van der Waals surface area contributed by atoms with Crippen molar-refractivity contribution in [1.82, 2.24) is 9.21 Å². The molecule has 1 N–H and O–H groups in total. The van der Waals surface area contributed by atoms with Gasteiger partial charge in [0.15, 0.2) is 0 Å². The van der Waals surface area contributed by atoms with E-state index in [1.54, 1.807) is 24.0 Å². The van der Waals surface area contributed by atoms with Gasteiger partial charge in [0.25, 0.3) is 5.91 Å². The standard InChI is InChI=1S/C24H29N3O5S/c1-18-10-11-20(17-21(18)33(30,31)26-13-15-32-16-14-26)25-24(29)23(19-7-3-2-4-8-19)27-12-6-5-9-22(27)28/h2-4,7-8,10-11,17,23H,5-6,9,12-16H2,1H3,(H,25,29). The number of amides is 2. The van der Waals surface area contributed by atoms with Crippen LogP contribution >= 0.6 is 0 Å². The van der Waals surface area contributed by atoms with E-state index < -0.39 is 16.1 Å². The minimum absolute atomic E-state index is 0.0512. The predicted molar refractivity (Wildman–Crippen MR) is 124 cm³/mol. The lowest BCUT2D eigenvalue weighted by Gasteiger charge is -2.34. The van der Waals surface area contributed by atoms with Gasteiger partial charge in [0.2, 0.25) is 15.9 Å². The molecule has 33 heavy (non-hydrogen) atoms. The third-order valence-corrected chi connectivity index (χ3v) is 8.12. The Kier molecular flexibility index (Phi) is 7.11. The normalized spacial score (nSPS) is 18.7. The van der Waals surface area contributed by atoms with Gasteiger partial charge in [-0.15, -0.1) is 0 Å².